The van der Waals surface area contributed by atoms with E-state index >= 15 is 0 Å². The first-order valence-electron chi connectivity index (χ1n) is 0.783. The van der Waals surface area contributed by atoms with Gasteiger partial charge in [0.25, 0.3) is 0 Å². The van der Waals surface area contributed by atoms with Gasteiger partial charge >= 0.3 is 56.3 Å². The number of rotatable bonds is 0. The molecule has 0 saturated heterocycles. The van der Waals surface area contributed by atoms with Crippen LogP contribution in [0, 0.1) is 38.2 Å². The quantitative estimate of drug-likeness (QED) is 0.414. The van der Waals surface area contributed by atoms with Crippen molar-refractivity contribution in [2.45, 2.75) is 0 Å². The predicted molar refractivity (Wildman–Crippen MR) is 21.1 cm³/mol. The maximum absolute atomic E-state index is 8.97. The Hall–Kier alpha value is 2.54. The van der Waals surface area contributed by atoms with Crippen LogP contribution in [0.15, 0.2) is 0 Å². The van der Waals surface area contributed by atoms with E-state index in [4.69, 9.17) is 13.2 Å². The van der Waals surface area contributed by atoms with E-state index in [0.717, 1.165) is 0 Å². The van der Waals surface area contributed by atoms with Gasteiger partial charge in [-0.15, -0.1) is 0 Å². The summed E-state index contributed by atoms with van der Waals surface area (Å²) in [6.45, 7) is 0. The molecule has 0 fully saturated rings. The average Bonchev–Trinajstić information content (AvgIpc) is 0.722. The molecule has 7 heteroatoms. The van der Waals surface area contributed by atoms with Gasteiger partial charge in [-0.3, -0.25) is 0 Å². The summed E-state index contributed by atoms with van der Waals surface area (Å²) in [5.41, 5.74) is 0. The van der Waals surface area contributed by atoms with Crippen LogP contribution in [-0.4, -0.2) is 53.3 Å². The molecule has 0 heterocycles. The Morgan fingerprint density at radius 2 is 1.29 bits per heavy atom. The molecule has 4 nitrogen and oxygen atoms in total. The first-order valence-corrected chi connectivity index (χ1v) is 5.25. The molecule has 0 aliphatic heterocycles. The van der Waals surface area contributed by atoms with Gasteiger partial charge in [-0.2, -0.15) is 0 Å². The van der Waals surface area contributed by atoms with Crippen molar-refractivity contribution in [3.63, 3.8) is 0 Å². The molecule has 0 spiro atoms. The van der Waals surface area contributed by atoms with E-state index < -0.39 is 20.1 Å². The number of hydrogen-bond acceptors (Lipinski definition) is 1. The Labute approximate surface area is 95.5 Å². The maximum atomic E-state index is 8.97. The first kappa shape index (κ1) is 16.3. The minimum absolute atomic E-state index is 0. The molecule has 0 bridgehead atoms. The van der Waals surface area contributed by atoms with Crippen molar-refractivity contribution in [2.75, 3.05) is 0 Å². The fraction of sp³-hybridized carbons (Fsp3) is 0. The summed E-state index contributed by atoms with van der Waals surface area (Å²) < 4.78 is 30.8. The Balaban J connectivity index is -0.0000000133. The molecular formula is H5DyMgO4Sb. The third kappa shape index (κ3) is 56.7. The third-order valence-corrected chi connectivity index (χ3v) is 0. The Morgan fingerprint density at radius 1 is 1.29 bits per heavy atom. The van der Waals surface area contributed by atoms with Gasteiger partial charge in [0.2, 0.25) is 0 Å². The summed E-state index contributed by atoms with van der Waals surface area (Å²) in [5, 5.41) is 0. The molecule has 0 aliphatic carbocycles. The van der Waals surface area contributed by atoms with Crippen LogP contribution in [0.5, 0.6) is 0 Å². The Morgan fingerprint density at radius 3 is 1.29 bits per heavy atom. The van der Waals surface area contributed by atoms with Gasteiger partial charge in [-0.25, -0.2) is 0 Å². The zero-order valence-corrected chi connectivity index (χ0v) is 9.22. The van der Waals surface area contributed by atoms with Crippen molar-refractivity contribution < 1.29 is 54.2 Å². The molecule has 0 aromatic rings. The molecule has 0 atom stereocenters. The van der Waals surface area contributed by atoms with Crippen LogP contribution in [-0.2, 0) is 3.02 Å². The SMILES string of the molecule is [Dy].[H-].[H-].[Mg+2].[O]=[Sb]([OH])([OH])[OH]. The second-order valence-electron chi connectivity index (χ2n) is 0.513. The standard InChI is InChI=1S/Dy.Mg.3H2O.O.Sb.2H/h;;3*1H2;;;;/q;+2;;;;;+3;2*-1/p-3. The predicted octanol–water partition coefficient (Wildman–Crippen LogP) is -2.33. The van der Waals surface area contributed by atoms with Crippen molar-refractivity contribution >= 4 is 43.1 Å². The average molecular weight is 378 g/mol. The van der Waals surface area contributed by atoms with E-state index in [1.54, 1.807) is 0 Å². The first-order chi connectivity index (χ1) is 2.00. The van der Waals surface area contributed by atoms with Gasteiger partial charge in [0.05, 0.1) is 0 Å². The molecule has 0 saturated carbocycles. The Kier molecular flexibility index (Phi) is 15.5. The fourth-order valence-electron chi connectivity index (χ4n) is 0. The monoisotopic (exact) mass is 378 g/mol. The van der Waals surface area contributed by atoms with Gasteiger partial charge in [-0.05, 0) is 0 Å². The summed E-state index contributed by atoms with van der Waals surface area (Å²) in [5.74, 6) is 0. The Bertz CT molecular complexity index is 64.7. The van der Waals surface area contributed by atoms with Crippen LogP contribution in [0.1, 0.15) is 2.85 Å². The molecule has 0 aromatic heterocycles. The van der Waals surface area contributed by atoms with E-state index in [1.807, 2.05) is 0 Å². The summed E-state index contributed by atoms with van der Waals surface area (Å²) in [7, 11) is 0. The molecule has 0 aliphatic rings. The third-order valence-electron chi connectivity index (χ3n) is 0. The molecular weight excluding hydrogens is 373 g/mol. The van der Waals surface area contributed by atoms with Crippen LogP contribution in [0.4, 0.5) is 0 Å². The fourth-order valence-corrected chi connectivity index (χ4v) is 0. The van der Waals surface area contributed by atoms with Crippen LogP contribution >= 0.6 is 0 Å². The zero-order valence-electron chi connectivity index (χ0n) is 5.22. The zero-order chi connectivity index (χ0) is 4.50. The van der Waals surface area contributed by atoms with Gasteiger partial charge in [-0.1, -0.05) is 0 Å². The molecule has 7 heavy (non-hydrogen) atoms. The molecule has 0 rings (SSSR count). The summed E-state index contributed by atoms with van der Waals surface area (Å²) in [6, 6.07) is 0. The van der Waals surface area contributed by atoms with Crippen molar-refractivity contribution in [3.8, 4) is 0 Å². The molecule has 0 amide bonds. The van der Waals surface area contributed by atoms with E-state index in [-0.39, 0.29) is 64.1 Å². The van der Waals surface area contributed by atoms with Gasteiger partial charge in [0.1, 0.15) is 0 Å². The van der Waals surface area contributed by atoms with Crippen LogP contribution in [0.3, 0.4) is 0 Å². The summed E-state index contributed by atoms with van der Waals surface area (Å²) in [4.78, 5) is 0. The summed E-state index contributed by atoms with van der Waals surface area (Å²) in [6.07, 6.45) is 0. The molecule has 3 N–H and O–H groups in total. The molecule has 46 valence electrons. The van der Waals surface area contributed by atoms with E-state index in [0.29, 0.717) is 0 Å². The molecule has 0 radical (unpaired) electrons. The minimum atomic E-state index is -5.35. The second kappa shape index (κ2) is 6.65. The van der Waals surface area contributed by atoms with Crippen LogP contribution in [0.25, 0.3) is 0 Å². The normalized spacial score (nSPS) is 8.43. The topological polar surface area (TPSA) is 77.8 Å². The van der Waals surface area contributed by atoms with Crippen molar-refractivity contribution in [3.05, 3.63) is 0 Å². The number of hydrogen-bond donors (Lipinski definition) is 3. The van der Waals surface area contributed by atoms with Crippen molar-refractivity contribution in [2.24, 2.45) is 0 Å². The van der Waals surface area contributed by atoms with Crippen LogP contribution in [0.2, 0.25) is 0 Å². The van der Waals surface area contributed by atoms with Crippen molar-refractivity contribution in [1.82, 2.24) is 0 Å². The van der Waals surface area contributed by atoms with Gasteiger partial charge in [0.15, 0.2) is 0 Å². The van der Waals surface area contributed by atoms with E-state index in [2.05, 4.69) is 0 Å². The van der Waals surface area contributed by atoms with Gasteiger partial charge < -0.3 is 2.85 Å². The molecule has 0 aromatic carbocycles. The van der Waals surface area contributed by atoms with Crippen molar-refractivity contribution in [1.29, 1.82) is 0 Å². The summed E-state index contributed by atoms with van der Waals surface area (Å²) >= 11 is -5.35. The van der Waals surface area contributed by atoms with Gasteiger partial charge in [0, 0.05) is 38.2 Å². The second-order valence-corrected chi connectivity index (χ2v) is 3.44. The molecule has 0 unspecified atom stereocenters. The van der Waals surface area contributed by atoms with Crippen LogP contribution < -0.4 is 0 Å². The van der Waals surface area contributed by atoms with E-state index in [1.165, 1.54) is 0 Å². The van der Waals surface area contributed by atoms with E-state index in [9.17, 15) is 0 Å².